The van der Waals surface area contributed by atoms with Gasteiger partial charge < -0.3 is 5.32 Å². The lowest BCUT2D eigenvalue weighted by atomic mass is 9.96. The van der Waals surface area contributed by atoms with Gasteiger partial charge in [0, 0.05) is 6.04 Å². The van der Waals surface area contributed by atoms with E-state index in [-0.39, 0.29) is 16.8 Å². The molecule has 1 aliphatic carbocycles. The van der Waals surface area contributed by atoms with Crippen LogP contribution < -0.4 is 10.0 Å². The van der Waals surface area contributed by atoms with Crippen molar-refractivity contribution in [1.82, 2.24) is 10.0 Å². The van der Waals surface area contributed by atoms with Gasteiger partial charge in [-0.3, -0.25) is 4.79 Å². The van der Waals surface area contributed by atoms with Gasteiger partial charge in [0.15, 0.2) is 0 Å². The van der Waals surface area contributed by atoms with Crippen LogP contribution in [0.5, 0.6) is 0 Å². The van der Waals surface area contributed by atoms with Crippen LogP contribution in [-0.4, -0.2) is 26.4 Å². The van der Waals surface area contributed by atoms with E-state index < -0.39 is 16.1 Å². The van der Waals surface area contributed by atoms with Crippen molar-refractivity contribution in [2.24, 2.45) is 0 Å². The minimum atomic E-state index is -3.79. The quantitative estimate of drug-likeness (QED) is 0.723. The summed E-state index contributed by atoms with van der Waals surface area (Å²) < 4.78 is 28.3. The van der Waals surface area contributed by atoms with Crippen LogP contribution in [0.15, 0.2) is 65.6 Å². The van der Waals surface area contributed by atoms with Crippen LogP contribution in [0.4, 0.5) is 0 Å². The summed E-state index contributed by atoms with van der Waals surface area (Å²) >= 11 is 0. The highest BCUT2D eigenvalue weighted by Crippen LogP contribution is 2.18. The standard InChI is InChI=1S/C23H30N2O3S/c26-23(24-20-14-8-2-1-3-9-15-20)22(18-19-12-6-4-7-13-19)25-29(27,28)21-16-10-5-11-17-21/h4-7,10-13,16-17,20,22,25H,1-3,8-9,14-15,18H2,(H,24,26)/t22-/m0/s1. The summed E-state index contributed by atoms with van der Waals surface area (Å²) in [5.74, 6) is -0.251. The highest BCUT2D eigenvalue weighted by molar-refractivity contribution is 7.89. The monoisotopic (exact) mass is 414 g/mol. The molecule has 5 nitrogen and oxygen atoms in total. The lowest BCUT2D eigenvalue weighted by Crippen LogP contribution is -2.50. The van der Waals surface area contributed by atoms with Crippen molar-refractivity contribution in [2.45, 2.75) is 68.3 Å². The Balaban J connectivity index is 1.75. The van der Waals surface area contributed by atoms with Crippen molar-refractivity contribution in [3.05, 3.63) is 66.2 Å². The van der Waals surface area contributed by atoms with Crippen molar-refractivity contribution in [2.75, 3.05) is 0 Å². The van der Waals surface area contributed by atoms with E-state index in [4.69, 9.17) is 0 Å². The molecule has 2 aromatic carbocycles. The van der Waals surface area contributed by atoms with Crippen molar-refractivity contribution in [1.29, 1.82) is 0 Å². The summed E-state index contributed by atoms with van der Waals surface area (Å²) in [5.41, 5.74) is 0.918. The van der Waals surface area contributed by atoms with Gasteiger partial charge in [-0.05, 0) is 37.0 Å². The van der Waals surface area contributed by atoms with Crippen LogP contribution in [-0.2, 0) is 21.2 Å². The van der Waals surface area contributed by atoms with Crippen LogP contribution in [0.2, 0.25) is 0 Å². The Morgan fingerprint density at radius 3 is 2.03 bits per heavy atom. The Kier molecular flexibility index (Phi) is 7.83. The molecule has 1 aliphatic rings. The number of rotatable bonds is 7. The van der Waals surface area contributed by atoms with Crippen LogP contribution in [0.1, 0.15) is 50.5 Å². The molecule has 0 heterocycles. The molecule has 2 N–H and O–H groups in total. The maximum atomic E-state index is 13.1. The third-order valence-corrected chi connectivity index (χ3v) is 6.89. The molecule has 0 saturated heterocycles. The number of carbonyl (C=O) groups excluding carboxylic acids is 1. The van der Waals surface area contributed by atoms with Crippen molar-refractivity contribution < 1.29 is 13.2 Å². The highest BCUT2D eigenvalue weighted by Gasteiger charge is 2.27. The molecule has 0 bridgehead atoms. The second kappa shape index (κ2) is 10.6. The number of sulfonamides is 1. The first-order chi connectivity index (χ1) is 14.0. The molecule has 6 heteroatoms. The van der Waals surface area contributed by atoms with Gasteiger partial charge in [-0.25, -0.2) is 8.42 Å². The van der Waals surface area contributed by atoms with Gasteiger partial charge in [0.1, 0.15) is 6.04 Å². The summed E-state index contributed by atoms with van der Waals surface area (Å²) in [7, 11) is -3.79. The van der Waals surface area contributed by atoms with E-state index in [9.17, 15) is 13.2 Å². The van der Waals surface area contributed by atoms with E-state index in [2.05, 4.69) is 10.0 Å². The highest BCUT2D eigenvalue weighted by atomic mass is 32.2. The topological polar surface area (TPSA) is 75.3 Å². The SMILES string of the molecule is O=C(NC1CCCCCCC1)[C@H](Cc1ccccc1)NS(=O)(=O)c1ccccc1. The first-order valence-electron chi connectivity index (χ1n) is 10.5. The second-order valence-electron chi connectivity index (χ2n) is 7.73. The average Bonchev–Trinajstić information content (AvgIpc) is 2.70. The first kappa shape index (κ1) is 21.5. The molecule has 2 aromatic rings. The van der Waals surface area contributed by atoms with E-state index in [0.29, 0.717) is 6.42 Å². The Morgan fingerprint density at radius 1 is 0.862 bits per heavy atom. The summed E-state index contributed by atoms with van der Waals surface area (Å²) in [5, 5.41) is 3.12. The van der Waals surface area contributed by atoms with E-state index in [1.54, 1.807) is 18.2 Å². The summed E-state index contributed by atoms with van der Waals surface area (Å²) in [6, 6.07) is 17.0. The minimum absolute atomic E-state index is 0.113. The maximum absolute atomic E-state index is 13.1. The zero-order valence-corrected chi connectivity index (χ0v) is 17.5. The largest absolute Gasteiger partial charge is 0.352 e. The Morgan fingerprint density at radius 2 is 1.41 bits per heavy atom. The molecule has 1 atom stereocenters. The van der Waals surface area contributed by atoms with Gasteiger partial charge in [-0.2, -0.15) is 4.72 Å². The van der Waals surface area contributed by atoms with Crippen LogP contribution in [0.3, 0.4) is 0 Å². The molecule has 1 saturated carbocycles. The molecule has 0 aromatic heterocycles. The van der Waals surface area contributed by atoms with Gasteiger partial charge >= 0.3 is 0 Å². The van der Waals surface area contributed by atoms with E-state index in [1.807, 2.05) is 30.3 Å². The van der Waals surface area contributed by atoms with E-state index in [1.165, 1.54) is 31.4 Å². The molecular weight excluding hydrogens is 384 g/mol. The molecule has 0 aliphatic heterocycles. The molecule has 29 heavy (non-hydrogen) atoms. The van der Waals surface area contributed by atoms with E-state index >= 15 is 0 Å². The molecule has 3 rings (SSSR count). The van der Waals surface area contributed by atoms with Gasteiger partial charge in [-0.15, -0.1) is 0 Å². The van der Waals surface area contributed by atoms with Crippen molar-refractivity contribution in [3.8, 4) is 0 Å². The molecule has 0 spiro atoms. The van der Waals surface area contributed by atoms with Crippen molar-refractivity contribution in [3.63, 3.8) is 0 Å². The van der Waals surface area contributed by atoms with E-state index in [0.717, 1.165) is 31.2 Å². The number of carbonyl (C=O) groups is 1. The Labute approximate surface area is 174 Å². The number of benzene rings is 2. The predicted octanol–water partition coefficient (Wildman–Crippen LogP) is 3.81. The number of amides is 1. The summed E-state index contributed by atoms with van der Waals surface area (Å²) in [6.45, 7) is 0. The van der Waals surface area contributed by atoms with Gasteiger partial charge in [0.25, 0.3) is 0 Å². The minimum Gasteiger partial charge on any atom is -0.352 e. The lowest BCUT2D eigenvalue weighted by molar-refractivity contribution is -0.123. The second-order valence-corrected chi connectivity index (χ2v) is 9.44. The summed E-state index contributed by atoms with van der Waals surface area (Å²) in [4.78, 5) is 13.2. The van der Waals surface area contributed by atoms with Crippen LogP contribution in [0, 0.1) is 0 Å². The fourth-order valence-electron chi connectivity index (χ4n) is 3.79. The molecule has 0 unspecified atom stereocenters. The number of hydrogen-bond donors (Lipinski definition) is 2. The normalized spacial score (nSPS) is 17.1. The fourth-order valence-corrected chi connectivity index (χ4v) is 5.01. The smallest absolute Gasteiger partial charge is 0.241 e. The zero-order chi connectivity index (χ0) is 20.5. The van der Waals surface area contributed by atoms with Gasteiger partial charge in [0.2, 0.25) is 15.9 Å². The summed E-state index contributed by atoms with van der Waals surface area (Å²) in [6.07, 6.45) is 8.07. The molecule has 1 fully saturated rings. The average molecular weight is 415 g/mol. The number of nitrogens with one attached hydrogen (secondary N) is 2. The fraction of sp³-hybridized carbons (Fsp3) is 0.435. The van der Waals surface area contributed by atoms with Gasteiger partial charge in [0.05, 0.1) is 4.90 Å². The zero-order valence-electron chi connectivity index (χ0n) is 16.7. The van der Waals surface area contributed by atoms with Crippen LogP contribution in [0.25, 0.3) is 0 Å². The predicted molar refractivity (Wildman–Crippen MR) is 115 cm³/mol. The maximum Gasteiger partial charge on any atom is 0.241 e. The molecule has 156 valence electrons. The van der Waals surface area contributed by atoms with Gasteiger partial charge in [-0.1, -0.05) is 80.6 Å². The Hall–Kier alpha value is -2.18. The van der Waals surface area contributed by atoms with Crippen molar-refractivity contribution >= 4 is 15.9 Å². The Bertz CT molecular complexity index is 862. The number of hydrogen-bond acceptors (Lipinski definition) is 3. The molecule has 0 radical (unpaired) electrons. The molecular formula is C23H30N2O3S. The third kappa shape index (κ3) is 6.68. The van der Waals surface area contributed by atoms with Crippen LogP contribution >= 0.6 is 0 Å². The third-order valence-electron chi connectivity index (χ3n) is 5.40. The first-order valence-corrected chi connectivity index (χ1v) is 11.9. The molecule has 1 amide bonds. The lowest BCUT2D eigenvalue weighted by Gasteiger charge is -2.25.